The molecule has 9 nitrogen and oxygen atoms in total. The van der Waals surface area contributed by atoms with Crippen molar-refractivity contribution >= 4 is 34.2 Å². The number of aromatic hydroxyl groups is 1. The van der Waals surface area contributed by atoms with Crippen LogP contribution in [0.5, 0.6) is 5.75 Å². The van der Waals surface area contributed by atoms with Gasteiger partial charge in [0.05, 0.1) is 22.6 Å². The van der Waals surface area contributed by atoms with Crippen LogP contribution in [0.25, 0.3) is 28.3 Å². The lowest BCUT2D eigenvalue weighted by Crippen LogP contribution is -2.28. The smallest absolute Gasteiger partial charge is 0.253 e. The summed E-state index contributed by atoms with van der Waals surface area (Å²) >= 11 is 0. The lowest BCUT2D eigenvalue weighted by atomic mass is 10.1. The zero-order valence-electron chi connectivity index (χ0n) is 15.4. The highest BCUT2D eigenvalue weighted by atomic mass is 16.3. The second-order valence-corrected chi connectivity index (χ2v) is 6.64. The number of aliphatic hydroxyl groups excluding tert-OH is 1. The molecule has 0 aliphatic carbocycles. The van der Waals surface area contributed by atoms with E-state index in [4.69, 9.17) is 0 Å². The van der Waals surface area contributed by atoms with E-state index in [9.17, 15) is 24.6 Å². The van der Waals surface area contributed by atoms with Crippen LogP contribution in [0.3, 0.4) is 0 Å². The van der Waals surface area contributed by atoms with Crippen molar-refractivity contribution in [3.05, 3.63) is 49.4 Å². The van der Waals surface area contributed by atoms with Crippen molar-refractivity contribution in [3.8, 4) is 5.75 Å². The monoisotopic (exact) mass is 384 g/mol. The maximum Gasteiger partial charge on any atom is 0.253 e. The van der Waals surface area contributed by atoms with Crippen LogP contribution < -0.4 is 21.4 Å². The normalized spacial score (nSPS) is 12.2. The molecule has 0 bridgehead atoms. The van der Waals surface area contributed by atoms with Crippen LogP contribution >= 0.6 is 0 Å². The maximum absolute atomic E-state index is 12.6. The maximum atomic E-state index is 12.6. The molecule has 1 amide bonds. The van der Waals surface area contributed by atoms with E-state index < -0.39 is 22.5 Å². The number of aromatic amines is 1. The van der Waals surface area contributed by atoms with Gasteiger partial charge in [-0.25, -0.2) is 4.98 Å². The van der Waals surface area contributed by atoms with Crippen molar-refractivity contribution < 1.29 is 15.0 Å². The summed E-state index contributed by atoms with van der Waals surface area (Å²) < 4.78 is 0. The molecule has 4 N–H and O–H groups in total. The molecule has 0 saturated carbocycles. The molecule has 3 aromatic rings. The molecular weight excluding hydrogens is 364 g/mol. The third-order valence-corrected chi connectivity index (χ3v) is 4.34. The van der Waals surface area contributed by atoms with E-state index in [0.29, 0.717) is 12.8 Å². The number of H-pyrrole nitrogens is 1. The van der Waals surface area contributed by atoms with Crippen molar-refractivity contribution in [1.29, 1.82) is 0 Å². The Labute approximate surface area is 158 Å². The van der Waals surface area contributed by atoms with Crippen molar-refractivity contribution in [2.45, 2.75) is 6.42 Å². The number of benzene rings is 2. The Morgan fingerprint density at radius 3 is 2.64 bits per heavy atom. The third kappa shape index (κ3) is 3.52. The number of fused-ring (bicyclic) bond motifs is 2. The zero-order valence-corrected chi connectivity index (χ0v) is 15.4. The first kappa shape index (κ1) is 19.3. The molecule has 146 valence electrons. The van der Waals surface area contributed by atoms with Crippen LogP contribution in [-0.2, 0) is 0 Å². The molecule has 0 unspecified atom stereocenters. The Kier molecular flexibility index (Phi) is 5.27. The summed E-state index contributed by atoms with van der Waals surface area (Å²) in [5, 5.41) is 21.9. The molecule has 0 radical (unpaired) electrons. The number of carbonyl (C=O) groups is 1. The summed E-state index contributed by atoms with van der Waals surface area (Å²) in [6, 6.07) is 3.52. The molecular formula is C19H20N4O5. The molecule has 9 heteroatoms. The Morgan fingerprint density at radius 2 is 1.96 bits per heavy atom. The van der Waals surface area contributed by atoms with Gasteiger partial charge >= 0.3 is 0 Å². The first-order chi connectivity index (χ1) is 13.3. The molecule has 3 rings (SSSR count). The van der Waals surface area contributed by atoms with Gasteiger partial charge in [0.1, 0.15) is 22.3 Å². The molecule has 1 heterocycles. The predicted octanol–water partition coefficient (Wildman–Crippen LogP) is -0.161. The average molecular weight is 384 g/mol. The molecule has 0 saturated heterocycles. The quantitative estimate of drug-likeness (QED) is 0.354. The molecule has 0 fully saturated rings. The molecule has 2 aromatic carbocycles. The van der Waals surface area contributed by atoms with Gasteiger partial charge in [-0.15, -0.1) is 0 Å². The summed E-state index contributed by atoms with van der Waals surface area (Å²) in [7, 11) is 3.87. The van der Waals surface area contributed by atoms with E-state index in [1.807, 2.05) is 19.0 Å². The van der Waals surface area contributed by atoms with Gasteiger partial charge in [-0.05, 0) is 39.2 Å². The number of phenols is 1. The number of rotatable bonds is 5. The minimum atomic E-state index is -0.582. The van der Waals surface area contributed by atoms with E-state index in [1.165, 1.54) is 12.1 Å². The highest BCUT2D eigenvalue weighted by Gasteiger charge is 2.16. The Bertz CT molecular complexity index is 1230. The minimum absolute atomic E-state index is 0.0298. The van der Waals surface area contributed by atoms with Crippen LogP contribution in [0.15, 0.2) is 27.8 Å². The van der Waals surface area contributed by atoms with Crippen LogP contribution in [0.4, 0.5) is 0 Å². The van der Waals surface area contributed by atoms with Gasteiger partial charge < -0.3 is 25.4 Å². The number of hydrogen-bond acceptors (Lipinski definition) is 7. The van der Waals surface area contributed by atoms with E-state index in [1.54, 1.807) is 0 Å². The summed E-state index contributed by atoms with van der Waals surface area (Å²) in [5.41, 5.74) is -0.897. The molecule has 28 heavy (non-hydrogen) atoms. The first-order valence-corrected chi connectivity index (χ1v) is 8.63. The minimum Gasteiger partial charge on any atom is -0.515 e. The van der Waals surface area contributed by atoms with Crippen molar-refractivity contribution in [1.82, 2.24) is 20.2 Å². The van der Waals surface area contributed by atoms with Crippen LogP contribution in [0.1, 0.15) is 16.8 Å². The van der Waals surface area contributed by atoms with E-state index >= 15 is 0 Å². The van der Waals surface area contributed by atoms with Gasteiger partial charge in [0.15, 0.2) is 0 Å². The summed E-state index contributed by atoms with van der Waals surface area (Å²) in [6.45, 7) is 1.26. The molecule has 1 aromatic heterocycles. The number of nitrogens with one attached hydrogen (secondary N) is 2. The topological polar surface area (TPSA) is 136 Å². The highest BCUT2D eigenvalue weighted by molar-refractivity contribution is 6.06. The third-order valence-electron chi connectivity index (χ3n) is 4.34. The number of aromatic nitrogens is 2. The number of nitrogens with zero attached hydrogens (tertiary/aromatic N) is 2. The van der Waals surface area contributed by atoms with E-state index in [0.717, 1.165) is 19.0 Å². The van der Waals surface area contributed by atoms with Gasteiger partial charge in [0.2, 0.25) is 10.9 Å². The number of aliphatic hydroxyl groups is 1. The van der Waals surface area contributed by atoms with Crippen molar-refractivity contribution in [3.63, 3.8) is 0 Å². The second kappa shape index (κ2) is 7.65. The second-order valence-electron chi connectivity index (χ2n) is 6.64. The summed E-state index contributed by atoms with van der Waals surface area (Å²) in [6.07, 6.45) is 1.36. The molecule has 0 spiro atoms. The Morgan fingerprint density at radius 1 is 1.21 bits per heavy atom. The van der Waals surface area contributed by atoms with Crippen LogP contribution in [-0.4, -0.2) is 58.2 Å². The van der Waals surface area contributed by atoms with E-state index in [2.05, 4.69) is 15.3 Å². The van der Waals surface area contributed by atoms with Gasteiger partial charge in [0.25, 0.3) is 5.91 Å². The lowest BCUT2D eigenvalue weighted by Gasteiger charge is -2.11. The Hall–Kier alpha value is -3.46. The summed E-state index contributed by atoms with van der Waals surface area (Å²) in [5.74, 6) is -0.858. The largest absolute Gasteiger partial charge is 0.515 e. The fourth-order valence-electron chi connectivity index (χ4n) is 2.94. The SMILES string of the molecule is CN(C)CCCNC(=O)c1ccc(=O)c2nc3c(=CO)c(O)cc(=O)c3[nH]c12. The molecule has 0 aliphatic rings. The molecule has 0 atom stereocenters. The number of phenolic OH excluding ortho intramolecular Hbond substituents is 1. The standard InChI is InChI=1S/C19H20N4O5/c1-23(2)7-3-6-20-19(28)10-4-5-12(25)17-15(10)21-18-14(27)8-13(26)11(9-24)16(18)22-17/h4-5,8-9,21,24,26H,3,6-7H2,1-2H3,(H,20,28). The first-order valence-electron chi connectivity index (χ1n) is 8.63. The van der Waals surface area contributed by atoms with Gasteiger partial charge in [-0.1, -0.05) is 0 Å². The Balaban J connectivity index is 2.15. The number of carbonyl (C=O) groups excluding carboxylic acids is 1. The number of amides is 1. The fraction of sp³-hybridized carbons (Fsp3) is 0.263. The fourth-order valence-corrected chi connectivity index (χ4v) is 2.94. The van der Waals surface area contributed by atoms with Crippen LogP contribution in [0.2, 0.25) is 0 Å². The van der Waals surface area contributed by atoms with Crippen LogP contribution in [0, 0.1) is 0 Å². The number of hydrogen-bond donors (Lipinski definition) is 4. The molecule has 0 aliphatic heterocycles. The van der Waals surface area contributed by atoms with Crippen molar-refractivity contribution in [2.75, 3.05) is 27.2 Å². The van der Waals surface area contributed by atoms with Gasteiger partial charge in [-0.3, -0.25) is 14.4 Å². The summed E-state index contributed by atoms with van der Waals surface area (Å²) in [4.78, 5) is 46.0. The zero-order chi connectivity index (χ0) is 20.4. The average Bonchev–Trinajstić information content (AvgIpc) is 2.65. The van der Waals surface area contributed by atoms with Gasteiger partial charge in [-0.2, -0.15) is 0 Å². The predicted molar refractivity (Wildman–Crippen MR) is 106 cm³/mol. The lowest BCUT2D eigenvalue weighted by molar-refractivity contribution is 0.0953. The van der Waals surface area contributed by atoms with Gasteiger partial charge in [0, 0.05) is 12.6 Å². The van der Waals surface area contributed by atoms with Crippen molar-refractivity contribution in [2.24, 2.45) is 0 Å². The highest BCUT2D eigenvalue weighted by Crippen LogP contribution is 2.15. The van der Waals surface area contributed by atoms with E-state index in [-0.39, 0.29) is 32.8 Å².